The molecule has 222 valence electrons. The molecule has 0 spiro atoms. The maximum atomic E-state index is 14.9. The lowest BCUT2D eigenvalue weighted by molar-refractivity contribution is -0.115. The molecule has 4 aromatic rings. The molecule has 1 saturated carbocycles. The molecule has 3 N–H and O–H groups in total. The third kappa shape index (κ3) is 5.99. The zero-order valence-electron chi connectivity index (χ0n) is 22.8. The number of carbonyl (C=O) groups is 2. The number of amides is 2. The Bertz CT molecular complexity index is 1770. The fraction of sp³-hybridized carbons (Fsp3) is 0.267. The predicted molar refractivity (Wildman–Crippen MR) is 147 cm³/mol. The van der Waals surface area contributed by atoms with E-state index < -0.39 is 47.3 Å². The van der Waals surface area contributed by atoms with Crippen LogP contribution in [0.15, 0.2) is 52.9 Å². The minimum Gasteiger partial charge on any atom is -0.437 e. The van der Waals surface area contributed by atoms with E-state index in [1.165, 1.54) is 31.3 Å². The zero-order valence-corrected chi connectivity index (χ0v) is 22.8. The molecular weight excluding hydrogens is 573 g/mol. The second-order valence-electron chi connectivity index (χ2n) is 10.3. The van der Waals surface area contributed by atoms with Crippen molar-refractivity contribution < 1.29 is 36.0 Å². The summed E-state index contributed by atoms with van der Waals surface area (Å²) in [6, 6.07) is 11.8. The molecule has 2 amide bonds. The summed E-state index contributed by atoms with van der Waals surface area (Å²) in [5.41, 5.74) is -1.46. The Morgan fingerprint density at radius 1 is 1.05 bits per heavy atom. The Hall–Kier alpha value is -4.99. The lowest BCUT2D eigenvalue weighted by atomic mass is 9.96. The number of hydrogen-bond donors (Lipinski definition) is 3. The summed E-state index contributed by atoms with van der Waals surface area (Å²) >= 11 is 0. The standard InChI is InChI=1S/C30H24F5N5O3/c1-29(13-36,17-6-7-17)40-26(41)20-11-16(5-10-22(20)32)19-12-21-23(27(42)37-2)24(15-3-8-18(31)9-4-15)43-28(21)39-25(19)38-14-30(33,34)35/h3-5,8-12,17H,6-7,14H2,1-2H3,(H,37,42)(H,38,39)(H,40,41). The lowest BCUT2D eigenvalue weighted by Gasteiger charge is -2.23. The van der Waals surface area contributed by atoms with Gasteiger partial charge in [0.15, 0.2) is 0 Å². The number of hydrogen-bond acceptors (Lipinski definition) is 6. The summed E-state index contributed by atoms with van der Waals surface area (Å²) in [4.78, 5) is 30.3. The van der Waals surface area contributed by atoms with Crippen molar-refractivity contribution in [1.29, 1.82) is 5.26 Å². The monoisotopic (exact) mass is 597 g/mol. The number of alkyl halides is 3. The maximum absolute atomic E-state index is 14.9. The average Bonchev–Trinajstić information content (AvgIpc) is 3.77. The Morgan fingerprint density at radius 3 is 2.33 bits per heavy atom. The quantitative estimate of drug-likeness (QED) is 0.208. The number of rotatable bonds is 8. The molecule has 8 nitrogen and oxygen atoms in total. The first kappa shape index (κ1) is 29.5. The molecule has 43 heavy (non-hydrogen) atoms. The van der Waals surface area contributed by atoms with Crippen LogP contribution in [-0.4, -0.2) is 42.1 Å². The Balaban J connectivity index is 1.67. The summed E-state index contributed by atoms with van der Waals surface area (Å²) < 4.78 is 74.0. The van der Waals surface area contributed by atoms with E-state index in [0.717, 1.165) is 37.1 Å². The first-order valence-electron chi connectivity index (χ1n) is 13.1. The molecule has 1 aliphatic rings. The fourth-order valence-corrected chi connectivity index (χ4v) is 4.77. The summed E-state index contributed by atoms with van der Waals surface area (Å²) in [5, 5.41) is 17.0. The van der Waals surface area contributed by atoms with Crippen LogP contribution in [0.2, 0.25) is 0 Å². The molecule has 0 saturated heterocycles. The number of nitrogens with one attached hydrogen (secondary N) is 3. The van der Waals surface area contributed by atoms with Gasteiger partial charge in [-0.1, -0.05) is 6.07 Å². The number of carbonyl (C=O) groups excluding carboxylic acids is 2. The van der Waals surface area contributed by atoms with Crippen molar-refractivity contribution in [3.05, 3.63) is 71.3 Å². The number of nitrogens with zero attached hydrogens (tertiary/aromatic N) is 2. The van der Waals surface area contributed by atoms with Crippen LogP contribution < -0.4 is 16.0 Å². The number of pyridine rings is 1. The van der Waals surface area contributed by atoms with Crippen molar-refractivity contribution >= 4 is 28.7 Å². The van der Waals surface area contributed by atoms with Gasteiger partial charge in [-0.3, -0.25) is 9.59 Å². The van der Waals surface area contributed by atoms with Crippen molar-refractivity contribution in [2.24, 2.45) is 5.92 Å². The number of fused-ring (bicyclic) bond motifs is 1. The molecule has 2 aromatic carbocycles. The second-order valence-corrected chi connectivity index (χ2v) is 10.3. The van der Waals surface area contributed by atoms with Gasteiger partial charge in [0.25, 0.3) is 11.8 Å². The van der Waals surface area contributed by atoms with Crippen molar-refractivity contribution in [3.8, 4) is 28.5 Å². The third-order valence-electron chi connectivity index (χ3n) is 7.22. The van der Waals surface area contributed by atoms with E-state index >= 15 is 0 Å². The highest BCUT2D eigenvalue weighted by Gasteiger charge is 2.43. The summed E-state index contributed by atoms with van der Waals surface area (Å²) in [6.45, 7) is 0.0576. The Kier molecular flexibility index (Phi) is 7.56. The number of furan rings is 1. The Morgan fingerprint density at radius 2 is 1.72 bits per heavy atom. The number of halogens is 5. The molecule has 1 fully saturated rings. The van der Waals surface area contributed by atoms with Gasteiger partial charge in [0.2, 0.25) is 5.71 Å². The van der Waals surface area contributed by atoms with Crippen molar-refractivity contribution in [3.63, 3.8) is 0 Å². The summed E-state index contributed by atoms with van der Waals surface area (Å²) in [5.74, 6) is -3.34. The first-order valence-corrected chi connectivity index (χ1v) is 13.1. The fourth-order valence-electron chi connectivity index (χ4n) is 4.77. The molecule has 1 aliphatic carbocycles. The van der Waals surface area contributed by atoms with E-state index in [9.17, 15) is 36.8 Å². The van der Waals surface area contributed by atoms with Gasteiger partial charge in [-0.25, -0.2) is 8.78 Å². The highest BCUT2D eigenvalue weighted by atomic mass is 19.4. The summed E-state index contributed by atoms with van der Waals surface area (Å²) in [6.07, 6.45) is -3.18. The van der Waals surface area contributed by atoms with Crippen LogP contribution in [0.5, 0.6) is 0 Å². The van der Waals surface area contributed by atoms with Gasteiger partial charge >= 0.3 is 6.18 Å². The van der Waals surface area contributed by atoms with Crippen molar-refractivity contribution in [1.82, 2.24) is 15.6 Å². The zero-order chi connectivity index (χ0) is 31.1. The number of benzene rings is 2. The predicted octanol–water partition coefficient (Wildman–Crippen LogP) is 6.20. The van der Waals surface area contributed by atoms with Gasteiger partial charge in [-0.2, -0.15) is 23.4 Å². The van der Waals surface area contributed by atoms with Gasteiger partial charge in [0.05, 0.1) is 22.6 Å². The molecule has 0 radical (unpaired) electrons. The van der Waals surface area contributed by atoms with E-state index in [4.69, 9.17) is 4.42 Å². The smallest absolute Gasteiger partial charge is 0.405 e. The van der Waals surface area contributed by atoms with Gasteiger partial charge in [0.1, 0.15) is 35.3 Å². The molecule has 0 bridgehead atoms. The molecule has 1 unspecified atom stereocenters. The SMILES string of the molecule is CNC(=O)c1c(-c2ccc(F)cc2)oc2nc(NCC(F)(F)F)c(-c3ccc(F)c(C(=O)NC(C)(C#N)C4CC4)c3)cc12. The van der Waals surface area contributed by atoms with Crippen LogP contribution in [0.4, 0.5) is 27.8 Å². The van der Waals surface area contributed by atoms with Crippen LogP contribution >= 0.6 is 0 Å². The molecule has 2 aromatic heterocycles. The third-order valence-corrected chi connectivity index (χ3v) is 7.22. The molecule has 5 rings (SSSR count). The Labute approximate surface area is 241 Å². The lowest BCUT2D eigenvalue weighted by Crippen LogP contribution is -2.46. The normalized spacial score (nSPS) is 14.6. The largest absolute Gasteiger partial charge is 0.437 e. The highest BCUT2D eigenvalue weighted by Crippen LogP contribution is 2.40. The molecule has 1 atom stereocenters. The second kappa shape index (κ2) is 11.0. The number of nitriles is 1. The van der Waals surface area contributed by atoms with E-state index in [2.05, 4.69) is 27.0 Å². The van der Waals surface area contributed by atoms with Gasteiger partial charge < -0.3 is 20.4 Å². The van der Waals surface area contributed by atoms with Crippen molar-refractivity contribution in [2.45, 2.75) is 31.5 Å². The van der Waals surface area contributed by atoms with E-state index in [-0.39, 0.29) is 45.3 Å². The minimum absolute atomic E-state index is 0.00388. The topological polar surface area (TPSA) is 120 Å². The average molecular weight is 598 g/mol. The molecule has 2 heterocycles. The number of anilines is 1. The van der Waals surface area contributed by atoms with Gasteiger partial charge in [-0.05, 0) is 73.7 Å². The van der Waals surface area contributed by atoms with Crippen LogP contribution in [-0.2, 0) is 0 Å². The molecule has 13 heteroatoms. The maximum Gasteiger partial charge on any atom is 0.405 e. The van der Waals surface area contributed by atoms with E-state index in [0.29, 0.717) is 5.56 Å². The highest BCUT2D eigenvalue weighted by molar-refractivity contribution is 6.11. The summed E-state index contributed by atoms with van der Waals surface area (Å²) in [7, 11) is 1.37. The van der Waals surface area contributed by atoms with Gasteiger partial charge in [-0.15, -0.1) is 0 Å². The van der Waals surface area contributed by atoms with Crippen LogP contribution in [0, 0.1) is 28.9 Å². The van der Waals surface area contributed by atoms with Crippen LogP contribution in [0.25, 0.3) is 33.6 Å². The number of aromatic nitrogens is 1. The van der Waals surface area contributed by atoms with Crippen molar-refractivity contribution in [2.75, 3.05) is 18.9 Å². The molecule has 0 aliphatic heterocycles. The van der Waals surface area contributed by atoms with Gasteiger partial charge in [0, 0.05) is 18.2 Å². The van der Waals surface area contributed by atoms with Crippen LogP contribution in [0.1, 0.15) is 40.5 Å². The van der Waals surface area contributed by atoms with Crippen LogP contribution in [0.3, 0.4) is 0 Å². The van der Waals surface area contributed by atoms with E-state index in [1.807, 2.05) is 0 Å². The first-order chi connectivity index (χ1) is 20.3. The molecular formula is C30H24F5N5O3. The minimum atomic E-state index is -4.64. The van der Waals surface area contributed by atoms with E-state index in [1.54, 1.807) is 6.92 Å².